The molecule has 0 nitrogen and oxygen atoms in total. The van der Waals surface area contributed by atoms with Gasteiger partial charge in [0, 0.05) is 0 Å². The Morgan fingerprint density at radius 3 is 1.88 bits per heavy atom. The minimum Gasteiger partial charge on any atom is -0.0623 e. The molecule has 0 amide bonds. The highest BCUT2D eigenvalue weighted by Gasteiger charge is 2.35. The Balaban J connectivity index is 1.31. The second kappa shape index (κ2) is 10.6. The molecule has 9 aromatic carbocycles. The normalized spacial score (nSPS) is 13.3. The lowest BCUT2D eigenvalue weighted by Crippen LogP contribution is -2.55. The van der Waals surface area contributed by atoms with Crippen molar-refractivity contribution in [3.63, 3.8) is 0 Å². The Labute approximate surface area is 287 Å². The van der Waals surface area contributed by atoms with E-state index in [0.29, 0.717) is 0 Å². The zero-order valence-corrected chi connectivity index (χ0v) is 28.7. The highest BCUT2D eigenvalue weighted by Crippen LogP contribution is 2.44. The molecular weight excluding hydrogens is 605 g/mol. The van der Waals surface area contributed by atoms with Gasteiger partial charge in [0.2, 0.25) is 0 Å². The third-order valence-electron chi connectivity index (χ3n) is 11.0. The van der Waals surface area contributed by atoms with Gasteiger partial charge in [-0.25, -0.2) is 0 Å². The summed E-state index contributed by atoms with van der Waals surface area (Å²) >= 11 is 0. The molecule has 0 aliphatic carbocycles. The van der Waals surface area contributed by atoms with E-state index in [9.17, 15) is 0 Å². The van der Waals surface area contributed by atoms with Crippen molar-refractivity contribution in [3.05, 3.63) is 170 Å². The molecule has 0 aromatic heterocycles. The summed E-state index contributed by atoms with van der Waals surface area (Å²) in [7, 11) is -1.90. The first-order valence-electron chi connectivity index (χ1n) is 17.3. The number of fused-ring (bicyclic) bond motifs is 6. The molecule has 1 aliphatic rings. The van der Waals surface area contributed by atoms with Gasteiger partial charge in [-0.2, -0.15) is 0 Å². The second-order valence-corrected chi connectivity index (χ2v) is 18.4. The molecule has 49 heavy (non-hydrogen) atoms. The predicted molar refractivity (Wildman–Crippen MR) is 215 cm³/mol. The smallest absolute Gasteiger partial charge is 0.0623 e. The minimum atomic E-state index is -1.90. The largest absolute Gasteiger partial charge is 0.113 e. The fraction of sp³-hybridized carbons (Fsp3) is 0.0417. The van der Waals surface area contributed by atoms with E-state index >= 15 is 0 Å². The lowest BCUT2D eigenvalue weighted by molar-refractivity contribution is 1.59. The summed E-state index contributed by atoms with van der Waals surface area (Å²) in [4.78, 5) is 0. The lowest BCUT2D eigenvalue weighted by atomic mass is 9.86. The highest BCUT2D eigenvalue weighted by molar-refractivity contribution is 7.03. The summed E-state index contributed by atoms with van der Waals surface area (Å²) in [5.41, 5.74) is 10.3. The van der Waals surface area contributed by atoms with Crippen LogP contribution in [0.25, 0.3) is 87.6 Å². The predicted octanol–water partition coefficient (Wildman–Crippen LogP) is 12.1. The van der Waals surface area contributed by atoms with Crippen LogP contribution in [0.15, 0.2) is 170 Å². The van der Waals surface area contributed by atoms with Gasteiger partial charge in [0.25, 0.3) is 0 Å². The lowest BCUT2D eigenvalue weighted by Gasteiger charge is -2.34. The molecule has 1 heteroatoms. The van der Waals surface area contributed by atoms with Gasteiger partial charge in [-0.15, -0.1) is 0 Å². The molecule has 0 saturated carbocycles. The standard InChI is InChI=1S/C48H34Si/c1-49(2)45-22-11-10-19-40(45)42-21-12-20-41-38(25-26-46(49)48(41)42)35-27-34(31-13-4-3-5-14-31)28-36(29-35)47-39-18-9-7-16-33(39)30-44-37-17-8-6-15-32(37)23-24-43(44)47/h3-30H,1-2H3. The van der Waals surface area contributed by atoms with Crippen LogP contribution >= 0.6 is 0 Å². The Bertz CT molecular complexity index is 2790. The van der Waals surface area contributed by atoms with E-state index in [2.05, 4.69) is 183 Å². The van der Waals surface area contributed by atoms with Gasteiger partial charge >= 0.3 is 0 Å². The molecule has 0 saturated heterocycles. The van der Waals surface area contributed by atoms with E-state index in [1.54, 1.807) is 0 Å². The molecule has 9 aromatic rings. The summed E-state index contributed by atoms with van der Waals surface area (Å²) in [5, 5.41) is 13.5. The first-order chi connectivity index (χ1) is 24.1. The van der Waals surface area contributed by atoms with E-state index in [-0.39, 0.29) is 0 Å². The fourth-order valence-corrected chi connectivity index (χ4v) is 11.8. The Morgan fingerprint density at radius 1 is 0.327 bits per heavy atom. The minimum absolute atomic E-state index is 1.23. The van der Waals surface area contributed by atoms with Gasteiger partial charge in [0.05, 0.1) is 0 Å². The van der Waals surface area contributed by atoms with Gasteiger partial charge in [-0.05, 0) is 122 Å². The molecule has 0 fully saturated rings. The van der Waals surface area contributed by atoms with E-state index < -0.39 is 8.07 Å². The molecule has 10 rings (SSSR count). The zero-order chi connectivity index (χ0) is 32.7. The average Bonchev–Trinajstić information content (AvgIpc) is 3.16. The third kappa shape index (κ3) is 4.22. The number of hydrogen-bond acceptors (Lipinski definition) is 0. The summed E-state index contributed by atoms with van der Waals surface area (Å²) in [6, 6.07) is 63.7. The van der Waals surface area contributed by atoms with Gasteiger partial charge < -0.3 is 0 Å². The van der Waals surface area contributed by atoms with Crippen molar-refractivity contribution in [2.75, 3.05) is 0 Å². The van der Waals surface area contributed by atoms with Crippen molar-refractivity contribution in [1.82, 2.24) is 0 Å². The Hall–Kier alpha value is -5.76. The van der Waals surface area contributed by atoms with Crippen LogP contribution in [0.5, 0.6) is 0 Å². The van der Waals surface area contributed by atoms with Crippen LogP contribution in [0.3, 0.4) is 0 Å². The quantitative estimate of drug-likeness (QED) is 0.103. The molecule has 0 spiro atoms. The second-order valence-electron chi connectivity index (χ2n) is 14.1. The van der Waals surface area contributed by atoms with Crippen molar-refractivity contribution in [2.45, 2.75) is 13.1 Å². The molecule has 0 bridgehead atoms. The number of rotatable bonds is 3. The molecule has 1 heterocycles. The van der Waals surface area contributed by atoms with Crippen molar-refractivity contribution in [1.29, 1.82) is 0 Å². The van der Waals surface area contributed by atoms with Crippen molar-refractivity contribution < 1.29 is 0 Å². The van der Waals surface area contributed by atoms with Gasteiger partial charge in [-0.1, -0.05) is 159 Å². The molecule has 1 aliphatic heterocycles. The monoisotopic (exact) mass is 638 g/mol. The first-order valence-corrected chi connectivity index (χ1v) is 20.3. The van der Waals surface area contributed by atoms with Gasteiger partial charge in [0.1, 0.15) is 8.07 Å². The average molecular weight is 639 g/mol. The molecule has 230 valence electrons. The summed E-state index contributed by atoms with van der Waals surface area (Å²) < 4.78 is 0. The molecule has 0 unspecified atom stereocenters. The fourth-order valence-electron chi connectivity index (χ4n) is 8.67. The van der Waals surface area contributed by atoms with Gasteiger partial charge in [-0.3, -0.25) is 0 Å². The third-order valence-corrected chi connectivity index (χ3v) is 14.6. The van der Waals surface area contributed by atoms with E-state index in [0.717, 1.165) is 0 Å². The maximum absolute atomic E-state index is 2.51. The summed E-state index contributed by atoms with van der Waals surface area (Å²) in [6.45, 7) is 5.03. The van der Waals surface area contributed by atoms with Crippen molar-refractivity contribution >= 4 is 61.5 Å². The molecule has 0 N–H and O–H groups in total. The van der Waals surface area contributed by atoms with Crippen LogP contribution in [-0.2, 0) is 0 Å². The van der Waals surface area contributed by atoms with Crippen LogP contribution in [0.4, 0.5) is 0 Å². The van der Waals surface area contributed by atoms with Crippen molar-refractivity contribution in [3.8, 4) is 44.5 Å². The van der Waals surface area contributed by atoms with Crippen LogP contribution < -0.4 is 10.4 Å². The van der Waals surface area contributed by atoms with E-state index in [1.807, 2.05) is 0 Å². The SMILES string of the molecule is C[Si]1(C)c2ccccc2-c2cccc3c(-c4cc(-c5ccccc5)cc(-c5c6ccccc6cc6c5ccc5ccccc56)c4)ccc1c23. The van der Waals surface area contributed by atoms with Crippen LogP contribution in [0.2, 0.25) is 13.1 Å². The molecular formula is C48H34Si. The Morgan fingerprint density at radius 2 is 1.00 bits per heavy atom. The first kappa shape index (κ1) is 28.3. The zero-order valence-electron chi connectivity index (χ0n) is 27.7. The summed E-state index contributed by atoms with van der Waals surface area (Å²) in [5.74, 6) is 0. The van der Waals surface area contributed by atoms with Gasteiger partial charge in [0.15, 0.2) is 0 Å². The van der Waals surface area contributed by atoms with Crippen molar-refractivity contribution in [2.24, 2.45) is 0 Å². The molecule has 0 atom stereocenters. The summed E-state index contributed by atoms with van der Waals surface area (Å²) in [6.07, 6.45) is 0. The maximum Gasteiger partial charge on any atom is 0.113 e. The number of hydrogen-bond donors (Lipinski definition) is 0. The van der Waals surface area contributed by atoms with Crippen LogP contribution in [0, 0.1) is 0 Å². The Kier molecular flexibility index (Phi) is 6.13. The van der Waals surface area contributed by atoms with Crippen LogP contribution in [0.1, 0.15) is 0 Å². The van der Waals surface area contributed by atoms with Crippen LogP contribution in [-0.4, -0.2) is 8.07 Å². The van der Waals surface area contributed by atoms with E-state index in [1.165, 1.54) is 98.0 Å². The van der Waals surface area contributed by atoms with E-state index in [4.69, 9.17) is 0 Å². The topological polar surface area (TPSA) is 0 Å². The maximum atomic E-state index is 2.51. The molecule has 0 radical (unpaired) electrons. The number of benzene rings is 9. The highest BCUT2D eigenvalue weighted by atomic mass is 28.3.